The molecule has 1 heterocycles. The average molecular weight is 468 g/mol. The number of nitrogens with zero attached hydrogens (tertiary/aromatic N) is 1. The van der Waals surface area contributed by atoms with E-state index in [1.807, 2.05) is 36.6 Å². The van der Waals surface area contributed by atoms with Crippen LogP contribution in [0.15, 0.2) is 56.7 Å². The molecule has 0 atom stereocenters. The van der Waals surface area contributed by atoms with Gasteiger partial charge in [-0.1, -0.05) is 57.5 Å². The molecule has 26 heavy (non-hydrogen) atoms. The number of rotatable bonds is 6. The number of aromatic nitrogens is 1. The summed E-state index contributed by atoms with van der Waals surface area (Å²) in [5.74, 6) is 0.758. The van der Waals surface area contributed by atoms with Gasteiger partial charge < -0.3 is 5.32 Å². The number of amides is 1. The van der Waals surface area contributed by atoms with E-state index < -0.39 is 0 Å². The molecular weight excluding hydrogens is 452 g/mol. The summed E-state index contributed by atoms with van der Waals surface area (Å²) in [6, 6.07) is 13.7. The van der Waals surface area contributed by atoms with Crippen molar-refractivity contribution in [2.75, 3.05) is 5.32 Å². The molecule has 1 N–H and O–H groups in total. The van der Waals surface area contributed by atoms with Gasteiger partial charge in [-0.05, 0) is 42.3 Å². The first-order valence-electron chi connectivity index (χ1n) is 7.87. The van der Waals surface area contributed by atoms with E-state index in [-0.39, 0.29) is 12.3 Å². The molecule has 0 spiro atoms. The highest BCUT2D eigenvalue weighted by Gasteiger charge is 2.09. The van der Waals surface area contributed by atoms with Crippen LogP contribution in [0.1, 0.15) is 16.8 Å². The number of thiazole rings is 1. The van der Waals surface area contributed by atoms with Gasteiger partial charge in [-0.25, -0.2) is 4.98 Å². The van der Waals surface area contributed by atoms with Gasteiger partial charge in [0.25, 0.3) is 0 Å². The monoisotopic (exact) mass is 466 g/mol. The SMILES string of the molecule is Cc1ccc(NC(=O)Cc2csc(SCc3ccc(Br)cc3)n2)cc1Cl. The molecule has 3 rings (SSSR count). The Morgan fingerprint density at radius 3 is 2.77 bits per heavy atom. The zero-order chi connectivity index (χ0) is 18.5. The number of benzene rings is 2. The van der Waals surface area contributed by atoms with Crippen molar-refractivity contribution in [2.24, 2.45) is 0 Å². The fourth-order valence-electron chi connectivity index (χ4n) is 2.20. The van der Waals surface area contributed by atoms with Crippen molar-refractivity contribution in [3.63, 3.8) is 0 Å². The molecule has 0 bridgehead atoms. The van der Waals surface area contributed by atoms with Gasteiger partial charge in [0.1, 0.15) is 4.34 Å². The smallest absolute Gasteiger partial charge is 0.230 e. The van der Waals surface area contributed by atoms with E-state index >= 15 is 0 Å². The minimum absolute atomic E-state index is 0.0975. The molecule has 1 amide bonds. The second-order valence-electron chi connectivity index (χ2n) is 5.71. The molecule has 0 saturated carbocycles. The third-order valence-corrected chi connectivity index (χ3v) is 6.68. The molecule has 134 valence electrons. The van der Waals surface area contributed by atoms with Crippen molar-refractivity contribution in [2.45, 2.75) is 23.4 Å². The first kappa shape index (κ1) is 19.4. The molecule has 0 aliphatic heterocycles. The predicted molar refractivity (Wildman–Crippen MR) is 114 cm³/mol. The standard InChI is InChI=1S/C19H16BrClN2OS2/c1-12-2-7-15(8-17(12)21)22-18(24)9-16-11-26-19(23-16)25-10-13-3-5-14(20)6-4-13/h2-8,11H,9-10H2,1H3,(H,22,24). The molecule has 0 radical (unpaired) electrons. The number of anilines is 1. The Hall–Kier alpha value is -1.34. The van der Waals surface area contributed by atoms with Gasteiger partial charge in [-0.3, -0.25) is 4.79 Å². The number of carbonyl (C=O) groups excluding carboxylic acids is 1. The summed E-state index contributed by atoms with van der Waals surface area (Å²) >= 11 is 12.8. The van der Waals surface area contributed by atoms with Gasteiger partial charge in [0.05, 0.1) is 12.1 Å². The van der Waals surface area contributed by atoms with Crippen LogP contribution in [0.4, 0.5) is 5.69 Å². The van der Waals surface area contributed by atoms with Crippen LogP contribution in [0.25, 0.3) is 0 Å². The highest BCUT2D eigenvalue weighted by molar-refractivity contribution is 9.10. The maximum absolute atomic E-state index is 12.2. The van der Waals surface area contributed by atoms with Crippen LogP contribution in [-0.4, -0.2) is 10.9 Å². The fraction of sp³-hybridized carbons (Fsp3) is 0.158. The van der Waals surface area contributed by atoms with Crippen molar-refractivity contribution in [1.82, 2.24) is 4.98 Å². The molecular formula is C19H16BrClN2OS2. The van der Waals surface area contributed by atoms with Crippen LogP contribution < -0.4 is 5.32 Å². The van der Waals surface area contributed by atoms with Crippen molar-refractivity contribution in [1.29, 1.82) is 0 Å². The Morgan fingerprint density at radius 2 is 2.04 bits per heavy atom. The van der Waals surface area contributed by atoms with Crippen LogP contribution in [0.3, 0.4) is 0 Å². The maximum Gasteiger partial charge on any atom is 0.230 e. The molecule has 0 unspecified atom stereocenters. The lowest BCUT2D eigenvalue weighted by Gasteiger charge is -2.06. The van der Waals surface area contributed by atoms with Crippen LogP contribution in [-0.2, 0) is 17.0 Å². The van der Waals surface area contributed by atoms with Crippen LogP contribution in [0.5, 0.6) is 0 Å². The summed E-state index contributed by atoms with van der Waals surface area (Å²) in [6.45, 7) is 1.93. The van der Waals surface area contributed by atoms with Crippen LogP contribution >= 0.6 is 50.6 Å². The van der Waals surface area contributed by atoms with Gasteiger partial charge in [-0.2, -0.15) is 0 Å². The van der Waals surface area contributed by atoms with E-state index in [0.29, 0.717) is 10.7 Å². The summed E-state index contributed by atoms with van der Waals surface area (Å²) in [6.07, 6.45) is 0.251. The number of hydrogen-bond donors (Lipinski definition) is 1. The number of thioether (sulfide) groups is 1. The second-order valence-corrected chi connectivity index (χ2v) is 9.11. The average Bonchev–Trinajstić information content (AvgIpc) is 3.05. The van der Waals surface area contributed by atoms with E-state index in [1.165, 1.54) is 5.56 Å². The summed E-state index contributed by atoms with van der Waals surface area (Å²) in [5.41, 5.74) is 3.70. The quantitative estimate of drug-likeness (QED) is 0.430. The molecule has 7 heteroatoms. The molecule has 1 aromatic heterocycles. The molecule has 3 nitrogen and oxygen atoms in total. The number of aryl methyl sites for hydroxylation is 1. The van der Waals surface area contributed by atoms with Crippen molar-refractivity contribution in [3.05, 3.63) is 74.2 Å². The molecule has 0 aliphatic rings. The van der Waals surface area contributed by atoms with Gasteiger partial charge in [-0.15, -0.1) is 11.3 Å². The predicted octanol–water partition coefficient (Wildman–Crippen LogP) is 6.34. The number of carbonyl (C=O) groups is 1. The summed E-state index contributed by atoms with van der Waals surface area (Å²) < 4.78 is 2.04. The summed E-state index contributed by atoms with van der Waals surface area (Å²) in [7, 11) is 0. The lowest BCUT2D eigenvalue weighted by molar-refractivity contribution is -0.115. The first-order chi connectivity index (χ1) is 12.5. The van der Waals surface area contributed by atoms with Crippen molar-refractivity contribution >= 4 is 62.2 Å². The fourth-order valence-corrected chi connectivity index (χ4v) is 4.45. The topological polar surface area (TPSA) is 42.0 Å². The minimum Gasteiger partial charge on any atom is -0.326 e. The zero-order valence-corrected chi connectivity index (χ0v) is 17.9. The number of nitrogens with one attached hydrogen (secondary N) is 1. The lowest BCUT2D eigenvalue weighted by Crippen LogP contribution is -2.14. The zero-order valence-electron chi connectivity index (χ0n) is 14.0. The van der Waals surface area contributed by atoms with E-state index in [0.717, 1.165) is 25.8 Å². The highest BCUT2D eigenvalue weighted by atomic mass is 79.9. The van der Waals surface area contributed by atoms with Gasteiger partial charge in [0.15, 0.2) is 0 Å². The van der Waals surface area contributed by atoms with Crippen LogP contribution in [0.2, 0.25) is 5.02 Å². The second kappa shape index (κ2) is 9.04. The Morgan fingerprint density at radius 1 is 1.27 bits per heavy atom. The Bertz CT molecular complexity index is 912. The largest absolute Gasteiger partial charge is 0.326 e. The molecule has 3 aromatic rings. The molecule has 0 fully saturated rings. The molecule has 0 aliphatic carbocycles. The number of halogens is 2. The minimum atomic E-state index is -0.0975. The van der Waals surface area contributed by atoms with E-state index in [9.17, 15) is 4.79 Å². The van der Waals surface area contributed by atoms with Crippen molar-refractivity contribution < 1.29 is 4.79 Å². The van der Waals surface area contributed by atoms with E-state index in [1.54, 1.807) is 29.2 Å². The van der Waals surface area contributed by atoms with E-state index in [2.05, 4.69) is 38.4 Å². The Balaban J connectivity index is 1.53. The Kier molecular flexibility index (Phi) is 6.75. The van der Waals surface area contributed by atoms with Gasteiger partial charge >= 0.3 is 0 Å². The number of hydrogen-bond acceptors (Lipinski definition) is 4. The normalized spacial score (nSPS) is 10.7. The van der Waals surface area contributed by atoms with Gasteiger partial charge in [0.2, 0.25) is 5.91 Å². The van der Waals surface area contributed by atoms with Crippen molar-refractivity contribution in [3.8, 4) is 0 Å². The first-order valence-corrected chi connectivity index (χ1v) is 10.9. The Labute approximate surface area is 174 Å². The third kappa shape index (κ3) is 5.58. The van der Waals surface area contributed by atoms with Gasteiger partial charge in [0, 0.05) is 26.3 Å². The van der Waals surface area contributed by atoms with Crippen LogP contribution in [0, 0.1) is 6.92 Å². The van der Waals surface area contributed by atoms with E-state index in [4.69, 9.17) is 11.6 Å². The molecule has 0 saturated heterocycles. The summed E-state index contributed by atoms with van der Waals surface area (Å²) in [4.78, 5) is 16.7. The highest BCUT2D eigenvalue weighted by Crippen LogP contribution is 2.27. The molecule has 2 aromatic carbocycles. The lowest BCUT2D eigenvalue weighted by atomic mass is 10.2. The maximum atomic E-state index is 12.2. The summed E-state index contributed by atoms with van der Waals surface area (Å²) in [5, 5.41) is 5.44. The third-order valence-electron chi connectivity index (χ3n) is 3.60.